The molecule has 0 N–H and O–H groups in total. The van der Waals surface area contributed by atoms with Gasteiger partial charge in [-0.2, -0.15) is 0 Å². The molecule has 0 bridgehead atoms. The van der Waals surface area contributed by atoms with E-state index in [4.69, 9.17) is 0 Å². The fraction of sp³-hybridized carbons (Fsp3) is 0.0769. The predicted molar refractivity (Wildman–Crippen MR) is 78.1 cm³/mol. The second-order valence-electron chi connectivity index (χ2n) is 4.84. The molecule has 0 fully saturated rings. The summed E-state index contributed by atoms with van der Waals surface area (Å²) in [4.78, 5) is 21.6. The number of nitro groups is 2. The van der Waals surface area contributed by atoms with Crippen LogP contribution < -0.4 is 4.85 Å². The second-order valence-corrected chi connectivity index (χ2v) is 4.84. The maximum atomic E-state index is 12.3. The van der Waals surface area contributed by atoms with Crippen LogP contribution in [0.4, 0.5) is 11.4 Å². The number of fused-ring (bicyclic) bond motifs is 1. The summed E-state index contributed by atoms with van der Waals surface area (Å²) in [7, 11) is 0. The predicted octanol–water partition coefficient (Wildman–Crippen LogP) is 1.78. The first kappa shape index (κ1) is 14.4. The third kappa shape index (κ3) is 2.31. The van der Waals surface area contributed by atoms with Crippen molar-refractivity contribution < 1.29 is 14.7 Å². The molecule has 1 aromatic heterocycles. The fourth-order valence-corrected chi connectivity index (χ4v) is 2.16. The fourth-order valence-electron chi connectivity index (χ4n) is 2.16. The van der Waals surface area contributed by atoms with Crippen LogP contribution in [-0.4, -0.2) is 19.7 Å². The van der Waals surface area contributed by atoms with Crippen LogP contribution in [0.5, 0.6) is 0 Å². The molecule has 0 unspecified atom stereocenters. The van der Waals surface area contributed by atoms with Gasteiger partial charge in [0.2, 0.25) is 5.52 Å². The molecule has 0 aliphatic heterocycles. The van der Waals surface area contributed by atoms with Gasteiger partial charge in [-0.05, 0) is 23.9 Å². The maximum absolute atomic E-state index is 12.3. The van der Waals surface area contributed by atoms with Gasteiger partial charge in [0.15, 0.2) is 0 Å². The summed E-state index contributed by atoms with van der Waals surface area (Å²) in [5, 5.41) is 38.3. The SMILES string of the molecule is Cc1ccc(-n2nc3c([N+](=O)[O-])cc([N+](=O)[O-])cc3[n+]2[O-])cc1. The number of aryl methyl sites for hydroxylation is 1. The highest BCUT2D eigenvalue weighted by atomic mass is 16.6. The molecule has 2 aromatic carbocycles. The van der Waals surface area contributed by atoms with E-state index < -0.39 is 21.2 Å². The van der Waals surface area contributed by atoms with Gasteiger partial charge in [0, 0.05) is 0 Å². The number of aromatic nitrogens is 3. The van der Waals surface area contributed by atoms with Crippen LogP contribution >= 0.6 is 0 Å². The van der Waals surface area contributed by atoms with E-state index in [0.29, 0.717) is 10.5 Å². The number of non-ortho nitro benzene ring substituents is 2. The molecule has 0 spiro atoms. The number of nitro benzene ring substituents is 2. The zero-order chi connectivity index (χ0) is 16.7. The Morgan fingerprint density at radius 2 is 1.74 bits per heavy atom. The van der Waals surface area contributed by atoms with E-state index >= 15 is 0 Å². The second kappa shape index (κ2) is 5.02. The van der Waals surface area contributed by atoms with Crippen molar-refractivity contribution in [1.82, 2.24) is 9.90 Å². The summed E-state index contributed by atoms with van der Waals surface area (Å²) in [6.07, 6.45) is 0. The van der Waals surface area contributed by atoms with Crippen molar-refractivity contribution in [3.05, 3.63) is 67.4 Å². The summed E-state index contributed by atoms with van der Waals surface area (Å²) >= 11 is 0. The van der Waals surface area contributed by atoms with E-state index in [2.05, 4.69) is 5.10 Å². The topological polar surface area (TPSA) is 131 Å². The number of hydrogen-bond donors (Lipinski definition) is 0. The third-order valence-electron chi connectivity index (χ3n) is 3.30. The molecule has 3 rings (SSSR count). The molecule has 0 atom stereocenters. The molecule has 10 heteroatoms. The summed E-state index contributed by atoms with van der Waals surface area (Å²) in [6.45, 7) is 1.86. The Morgan fingerprint density at radius 1 is 1.09 bits per heavy atom. The Morgan fingerprint density at radius 3 is 2.30 bits per heavy atom. The molecule has 0 aliphatic rings. The smallest absolute Gasteiger partial charge is 0.334 e. The monoisotopic (exact) mass is 315 g/mol. The molecule has 116 valence electrons. The average molecular weight is 315 g/mol. The molecule has 0 radical (unpaired) electrons. The number of rotatable bonds is 3. The lowest BCUT2D eigenvalue weighted by atomic mass is 10.2. The number of benzene rings is 2. The Bertz CT molecular complexity index is 948. The van der Waals surface area contributed by atoms with E-state index in [1.807, 2.05) is 6.92 Å². The molecule has 0 aliphatic carbocycles. The molecule has 23 heavy (non-hydrogen) atoms. The maximum Gasteiger partial charge on any atom is 0.334 e. The van der Waals surface area contributed by atoms with Crippen LogP contribution in [0.15, 0.2) is 36.4 Å². The Balaban J connectivity index is 2.33. The van der Waals surface area contributed by atoms with Crippen LogP contribution in [0, 0.1) is 32.4 Å². The summed E-state index contributed by atoms with van der Waals surface area (Å²) in [5.41, 5.74) is -0.243. The first-order valence-corrected chi connectivity index (χ1v) is 6.41. The average Bonchev–Trinajstić information content (AvgIpc) is 2.84. The Hall–Kier alpha value is -3.56. The molecule has 0 amide bonds. The van der Waals surface area contributed by atoms with Crippen LogP contribution in [0.2, 0.25) is 0 Å². The quantitative estimate of drug-likeness (QED) is 0.313. The highest BCUT2D eigenvalue weighted by Crippen LogP contribution is 2.28. The van der Waals surface area contributed by atoms with Crippen molar-refractivity contribution in [2.45, 2.75) is 6.92 Å². The minimum atomic E-state index is -0.804. The molecule has 3 aromatic rings. The van der Waals surface area contributed by atoms with Gasteiger partial charge >= 0.3 is 11.2 Å². The molecular formula is C13H9N5O5. The standard InChI is InChI=1S/C13H9N5O5/c1-8-2-4-9(5-3-8)15-14-13-11(16(15)19)6-10(17(20)21)7-12(13)18(22)23/h2-7H,1H3. The molecule has 0 saturated carbocycles. The Kier molecular flexibility index (Phi) is 3.14. The van der Waals surface area contributed by atoms with E-state index in [1.54, 1.807) is 24.3 Å². The number of nitrogens with zero attached hydrogens (tertiary/aromatic N) is 5. The molecule has 0 saturated heterocycles. The van der Waals surface area contributed by atoms with Gasteiger partial charge in [0.1, 0.15) is 5.69 Å². The summed E-state index contributed by atoms with van der Waals surface area (Å²) < 4.78 is 0. The summed E-state index contributed by atoms with van der Waals surface area (Å²) in [5.74, 6) is 0. The van der Waals surface area contributed by atoms with Crippen molar-refractivity contribution in [2.24, 2.45) is 0 Å². The first-order chi connectivity index (χ1) is 10.9. The van der Waals surface area contributed by atoms with Crippen LogP contribution in [0.3, 0.4) is 0 Å². The molecule has 1 heterocycles. The lowest BCUT2D eigenvalue weighted by Crippen LogP contribution is -2.37. The van der Waals surface area contributed by atoms with E-state index in [1.165, 1.54) is 0 Å². The van der Waals surface area contributed by atoms with E-state index in [9.17, 15) is 25.4 Å². The normalized spacial score (nSPS) is 10.8. The van der Waals surface area contributed by atoms with Crippen LogP contribution in [0.25, 0.3) is 16.7 Å². The van der Waals surface area contributed by atoms with Crippen LogP contribution in [-0.2, 0) is 0 Å². The van der Waals surface area contributed by atoms with Gasteiger partial charge < -0.3 is 5.21 Å². The highest BCUT2D eigenvalue weighted by Gasteiger charge is 2.30. The van der Waals surface area contributed by atoms with Crippen molar-refractivity contribution in [2.75, 3.05) is 0 Å². The summed E-state index contributed by atoms with van der Waals surface area (Å²) in [6, 6.07) is 8.49. The highest BCUT2D eigenvalue weighted by molar-refractivity contribution is 5.84. The van der Waals surface area contributed by atoms with Gasteiger partial charge in [-0.15, -0.1) is 4.85 Å². The van der Waals surface area contributed by atoms with Gasteiger partial charge in [-0.25, -0.2) is 0 Å². The largest absolute Gasteiger partial charge is 0.692 e. The Labute approximate surface area is 128 Å². The lowest BCUT2D eigenvalue weighted by Gasteiger charge is -2.03. The van der Waals surface area contributed by atoms with Crippen molar-refractivity contribution in [3.8, 4) is 5.69 Å². The van der Waals surface area contributed by atoms with E-state index in [-0.39, 0.29) is 11.0 Å². The molecule has 10 nitrogen and oxygen atoms in total. The minimum Gasteiger partial charge on any atom is -0.692 e. The zero-order valence-corrected chi connectivity index (χ0v) is 11.7. The van der Waals surface area contributed by atoms with Crippen molar-refractivity contribution >= 4 is 22.4 Å². The number of hydrogen-bond acceptors (Lipinski definition) is 6. The molecular weight excluding hydrogens is 306 g/mol. The van der Waals surface area contributed by atoms with Gasteiger partial charge in [0.05, 0.1) is 27.1 Å². The zero-order valence-electron chi connectivity index (χ0n) is 11.7. The van der Waals surface area contributed by atoms with Gasteiger partial charge in [-0.1, -0.05) is 17.7 Å². The van der Waals surface area contributed by atoms with Gasteiger partial charge in [-0.3, -0.25) is 20.2 Å². The third-order valence-corrected chi connectivity index (χ3v) is 3.30. The van der Waals surface area contributed by atoms with Crippen molar-refractivity contribution in [1.29, 1.82) is 0 Å². The van der Waals surface area contributed by atoms with E-state index in [0.717, 1.165) is 22.5 Å². The van der Waals surface area contributed by atoms with Gasteiger partial charge in [0.25, 0.3) is 5.69 Å². The van der Waals surface area contributed by atoms with Crippen LogP contribution in [0.1, 0.15) is 5.56 Å². The van der Waals surface area contributed by atoms with Crippen molar-refractivity contribution in [3.63, 3.8) is 0 Å². The lowest BCUT2D eigenvalue weighted by molar-refractivity contribution is -0.664. The minimum absolute atomic E-state index is 0.212. The first-order valence-electron chi connectivity index (χ1n) is 6.41.